The number of rotatable bonds is 12. The standard InChI is InChI=1S/C36H45N3O4S/c1-6-41-34(40)32(43-28-17-13-26(14-18-28)36(3,4)5)21-25-11-15-27(16-12-25)42-20-19-37-33-29-22-39(23-30(29)33)35(44)38-31-10-8-7-9-24(31)2/h7-18,29-30,32-33,37H,6,19-23H2,1-5H3,(H,38,44)/t29-,30+,32-,33?/m0/s1. The van der Waals surface area contributed by atoms with Gasteiger partial charge in [-0.1, -0.05) is 63.2 Å². The Balaban J connectivity index is 1.03. The maximum Gasteiger partial charge on any atom is 0.347 e. The maximum absolute atomic E-state index is 12.7. The number of hydrogen-bond donors (Lipinski definition) is 2. The Morgan fingerprint density at radius 3 is 2.27 bits per heavy atom. The molecule has 1 saturated heterocycles. The van der Waals surface area contributed by atoms with Gasteiger partial charge in [0.15, 0.2) is 11.2 Å². The molecule has 1 saturated carbocycles. The van der Waals surface area contributed by atoms with Gasteiger partial charge in [0.1, 0.15) is 18.1 Å². The van der Waals surface area contributed by atoms with Gasteiger partial charge in [-0.15, -0.1) is 0 Å². The number of fused-ring (bicyclic) bond motifs is 1. The highest BCUT2D eigenvalue weighted by atomic mass is 32.1. The average Bonchev–Trinajstić information content (AvgIpc) is 3.43. The van der Waals surface area contributed by atoms with E-state index in [-0.39, 0.29) is 11.4 Å². The van der Waals surface area contributed by atoms with Crippen LogP contribution in [0.5, 0.6) is 11.5 Å². The molecule has 0 aromatic heterocycles. The van der Waals surface area contributed by atoms with E-state index < -0.39 is 6.10 Å². The summed E-state index contributed by atoms with van der Waals surface area (Å²) in [6.45, 7) is 14.1. The zero-order valence-electron chi connectivity index (χ0n) is 26.5. The number of carbonyl (C=O) groups is 1. The van der Waals surface area contributed by atoms with Gasteiger partial charge in [0.2, 0.25) is 0 Å². The molecule has 4 atom stereocenters. The Labute approximate surface area is 267 Å². The number of esters is 1. The minimum atomic E-state index is -0.729. The molecule has 0 bridgehead atoms. The topological polar surface area (TPSA) is 72.1 Å². The highest BCUT2D eigenvalue weighted by molar-refractivity contribution is 7.80. The molecule has 234 valence electrons. The Morgan fingerprint density at radius 2 is 1.64 bits per heavy atom. The fourth-order valence-corrected chi connectivity index (χ4v) is 6.10. The third-order valence-electron chi connectivity index (χ3n) is 8.51. The zero-order valence-corrected chi connectivity index (χ0v) is 27.3. The van der Waals surface area contributed by atoms with Crippen molar-refractivity contribution in [3.05, 3.63) is 89.5 Å². The molecule has 7 nitrogen and oxygen atoms in total. The molecule has 1 heterocycles. The fourth-order valence-electron chi connectivity index (χ4n) is 5.84. The molecule has 3 aromatic rings. The molecular formula is C36H45N3O4S. The van der Waals surface area contributed by atoms with Gasteiger partial charge >= 0.3 is 5.97 Å². The lowest BCUT2D eigenvalue weighted by Crippen LogP contribution is -2.38. The molecular weight excluding hydrogens is 570 g/mol. The first-order chi connectivity index (χ1) is 21.1. The van der Waals surface area contributed by atoms with Crippen molar-refractivity contribution < 1.29 is 19.0 Å². The third-order valence-corrected chi connectivity index (χ3v) is 8.87. The number of ether oxygens (including phenoxy) is 3. The molecule has 3 aromatic carbocycles. The summed E-state index contributed by atoms with van der Waals surface area (Å²) in [5.74, 6) is 2.36. The van der Waals surface area contributed by atoms with Gasteiger partial charge in [0.25, 0.3) is 0 Å². The van der Waals surface area contributed by atoms with Crippen LogP contribution in [0.1, 0.15) is 44.4 Å². The number of thiocarbonyl (C=S) groups is 1. The molecule has 0 spiro atoms. The number of hydrogen-bond acceptors (Lipinski definition) is 6. The van der Waals surface area contributed by atoms with Crippen LogP contribution in [0.3, 0.4) is 0 Å². The van der Waals surface area contributed by atoms with Crippen molar-refractivity contribution in [1.82, 2.24) is 10.2 Å². The molecule has 2 fully saturated rings. The second-order valence-electron chi connectivity index (χ2n) is 12.8. The summed E-state index contributed by atoms with van der Waals surface area (Å²) in [6.07, 6.45) is -0.319. The summed E-state index contributed by atoms with van der Waals surface area (Å²) in [6, 6.07) is 24.5. The molecule has 44 heavy (non-hydrogen) atoms. The van der Waals surface area contributed by atoms with Crippen molar-refractivity contribution in [3.8, 4) is 11.5 Å². The summed E-state index contributed by atoms with van der Waals surface area (Å²) >= 11 is 5.67. The second-order valence-corrected chi connectivity index (χ2v) is 13.2. The van der Waals surface area contributed by atoms with Gasteiger partial charge in [-0.25, -0.2) is 4.79 Å². The quantitative estimate of drug-likeness (QED) is 0.143. The number of carbonyl (C=O) groups excluding carboxylic acids is 1. The van der Waals surface area contributed by atoms with Gasteiger partial charge in [0, 0.05) is 37.8 Å². The minimum absolute atomic E-state index is 0.0480. The third kappa shape index (κ3) is 8.10. The van der Waals surface area contributed by atoms with Crippen LogP contribution >= 0.6 is 12.2 Å². The maximum atomic E-state index is 12.7. The molecule has 0 radical (unpaired) electrons. The van der Waals surface area contributed by atoms with Crippen molar-refractivity contribution in [2.75, 3.05) is 38.2 Å². The van der Waals surface area contributed by atoms with Crippen LogP contribution in [0.4, 0.5) is 5.69 Å². The largest absolute Gasteiger partial charge is 0.492 e. The minimum Gasteiger partial charge on any atom is -0.492 e. The second kappa shape index (κ2) is 14.0. The Morgan fingerprint density at radius 1 is 0.977 bits per heavy atom. The van der Waals surface area contributed by atoms with Crippen LogP contribution in [0.15, 0.2) is 72.8 Å². The average molecular weight is 616 g/mol. The molecule has 1 aliphatic carbocycles. The smallest absolute Gasteiger partial charge is 0.347 e. The van der Waals surface area contributed by atoms with Gasteiger partial charge in [-0.3, -0.25) is 0 Å². The van der Waals surface area contributed by atoms with E-state index in [1.54, 1.807) is 6.92 Å². The lowest BCUT2D eigenvalue weighted by Gasteiger charge is -2.24. The van der Waals surface area contributed by atoms with E-state index in [9.17, 15) is 4.79 Å². The van der Waals surface area contributed by atoms with E-state index in [2.05, 4.69) is 55.4 Å². The molecule has 0 amide bonds. The van der Waals surface area contributed by atoms with E-state index >= 15 is 0 Å². The highest BCUT2D eigenvalue weighted by Gasteiger charge is 2.55. The number of nitrogens with zero attached hydrogens (tertiary/aromatic N) is 1. The van der Waals surface area contributed by atoms with Crippen molar-refractivity contribution in [3.63, 3.8) is 0 Å². The lowest BCUT2D eigenvalue weighted by molar-refractivity contribution is -0.151. The van der Waals surface area contributed by atoms with E-state index in [0.717, 1.165) is 41.7 Å². The van der Waals surface area contributed by atoms with Crippen molar-refractivity contribution in [1.29, 1.82) is 0 Å². The van der Waals surface area contributed by atoms with Crippen LogP contribution in [0.25, 0.3) is 0 Å². The Bertz CT molecular complexity index is 1410. The van der Waals surface area contributed by atoms with Gasteiger partial charge < -0.3 is 29.7 Å². The highest BCUT2D eigenvalue weighted by Crippen LogP contribution is 2.45. The molecule has 1 unspecified atom stereocenters. The van der Waals surface area contributed by atoms with Crippen molar-refractivity contribution in [2.45, 2.75) is 58.6 Å². The molecule has 8 heteroatoms. The monoisotopic (exact) mass is 615 g/mol. The van der Waals surface area contributed by atoms with Crippen molar-refractivity contribution in [2.24, 2.45) is 11.8 Å². The van der Waals surface area contributed by atoms with E-state index in [1.165, 1.54) is 11.1 Å². The summed E-state index contributed by atoms with van der Waals surface area (Å²) < 4.78 is 17.4. The van der Waals surface area contributed by atoms with Crippen LogP contribution in [-0.2, 0) is 21.4 Å². The molecule has 2 aliphatic rings. The van der Waals surface area contributed by atoms with E-state index in [1.807, 2.05) is 60.7 Å². The van der Waals surface area contributed by atoms with Gasteiger partial charge in [-0.05, 0) is 90.3 Å². The Kier molecular flexibility index (Phi) is 10.1. The SMILES string of the molecule is CCOC(=O)[C@H](Cc1ccc(OCCNC2[C@H]3CN(C(=S)Nc4ccccc4C)C[C@@H]23)cc1)Oc1ccc(C(C)(C)C)cc1. The summed E-state index contributed by atoms with van der Waals surface area (Å²) in [7, 11) is 0. The number of nitrogens with one attached hydrogen (secondary N) is 2. The molecule has 5 rings (SSSR count). The number of para-hydroxylation sites is 1. The van der Waals surface area contributed by atoms with Gasteiger partial charge in [0.05, 0.1) is 6.61 Å². The number of benzene rings is 3. The Hall–Kier alpha value is -3.62. The van der Waals surface area contributed by atoms with E-state index in [0.29, 0.717) is 43.3 Å². The van der Waals surface area contributed by atoms with Crippen LogP contribution in [0, 0.1) is 18.8 Å². The summed E-state index contributed by atoms with van der Waals surface area (Å²) in [5.41, 5.74) is 4.51. The molecule has 2 N–H and O–H groups in total. The number of piperidine rings is 1. The van der Waals surface area contributed by atoms with Crippen LogP contribution in [0.2, 0.25) is 0 Å². The van der Waals surface area contributed by atoms with E-state index in [4.69, 9.17) is 26.4 Å². The normalized spacial score (nSPS) is 19.6. The van der Waals surface area contributed by atoms with Crippen molar-refractivity contribution >= 4 is 29.0 Å². The summed E-state index contributed by atoms with van der Waals surface area (Å²) in [4.78, 5) is 15.0. The first kappa shape index (κ1) is 31.8. The van der Waals surface area contributed by atoms with Gasteiger partial charge in [-0.2, -0.15) is 0 Å². The zero-order chi connectivity index (χ0) is 31.3. The van der Waals surface area contributed by atoms with Crippen LogP contribution in [-0.4, -0.2) is 61.0 Å². The number of anilines is 1. The predicted octanol–water partition coefficient (Wildman–Crippen LogP) is 6.14. The first-order valence-corrected chi connectivity index (χ1v) is 16.0. The number of likely N-dealkylation sites (tertiary alicyclic amines) is 1. The first-order valence-electron chi connectivity index (χ1n) is 15.6. The predicted molar refractivity (Wildman–Crippen MR) is 180 cm³/mol. The van der Waals surface area contributed by atoms with Crippen LogP contribution < -0.4 is 20.1 Å². The summed E-state index contributed by atoms with van der Waals surface area (Å²) in [5, 5.41) is 7.88. The fraction of sp³-hybridized carbons (Fsp3) is 0.444. The number of aryl methyl sites for hydroxylation is 1. The molecule has 1 aliphatic heterocycles. The lowest BCUT2D eigenvalue weighted by atomic mass is 9.87.